The molecule has 3 aromatic rings. The van der Waals surface area contributed by atoms with Gasteiger partial charge in [-0.15, -0.1) is 0 Å². The zero-order valence-electron chi connectivity index (χ0n) is 9.00. The number of benzene rings is 2. The second kappa shape index (κ2) is 3.87. The van der Waals surface area contributed by atoms with Crippen molar-refractivity contribution in [2.24, 2.45) is 0 Å². The van der Waals surface area contributed by atoms with E-state index in [1.165, 1.54) is 4.57 Å². The lowest BCUT2D eigenvalue weighted by molar-refractivity contribution is 0.963. The van der Waals surface area contributed by atoms with Crippen LogP contribution in [0.25, 0.3) is 16.6 Å². The minimum absolute atomic E-state index is 0.0539. The summed E-state index contributed by atoms with van der Waals surface area (Å²) >= 11 is 0. The molecule has 0 unspecified atom stereocenters. The van der Waals surface area contributed by atoms with Crippen LogP contribution < -0.4 is 5.56 Å². The van der Waals surface area contributed by atoms with E-state index >= 15 is 0 Å². The van der Waals surface area contributed by atoms with Gasteiger partial charge in [-0.25, -0.2) is 4.98 Å². The third-order valence-electron chi connectivity index (χ3n) is 2.64. The van der Waals surface area contributed by atoms with E-state index < -0.39 is 0 Å². The molecule has 1 aromatic heterocycles. The van der Waals surface area contributed by atoms with E-state index in [0.29, 0.717) is 5.39 Å². The Kier molecular flexibility index (Phi) is 2.22. The summed E-state index contributed by atoms with van der Waals surface area (Å²) in [7, 11) is 0. The number of rotatable bonds is 1. The Morgan fingerprint density at radius 2 is 1.82 bits per heavy atom. The van der Waals surface area contributed by atoms with Gasteiger partial charge in [-0.05, 0) is 30.3 Å². The molecule has 3 nitrogen and oxygen atoms in total. The molecule has 0 atom stereocenters. The molecule has 0 saturated heterocycles. The van der Waals surface area contributed by atoms with Gasteiger partial charge in [0.1, 0.15) is 6.33 Å². The van der Waals surface area contributed by atoms with Crippen LogP contribution in [0.4, 0.5) is 0 Å². The second-order valence-electron chi connectivity index (χ2n) is 3.70. The van der Waals surface area contributed by atoms with Gasteiger partial charge >= 0.3 is 0 Å². The Morgan fingerprint density at radius 1 is 1.06 bits per heavy atom. The van der Waals surface area contributed by atoms with E-state index in [1.807, 2.05) is 30.3 Å². The third-order valence-corrected chi connectivity index (χ3v) is 2.64. The molecule has 0 saturated carbocycles. The van der Waals surface area contributed by atoms with Crippen LogP contribution in [0.2, 0.25) is 0 Å². The van der Waals surface area contributed by atoms with Crippen molar-refractivity contribution in [1.82, 2.24) is 9.55 Å². The number of aromatic nitrogens is 2. The maximum absolute atomic E-state index is 12.2. The summed E-state index contributed by atoms with van der Waals surface area (Å²) in [4.78, 5) is 16.5. The van der Waals surface area contributed by atoms with Crippen molar-refractivity contribution in [1.29, 1.82) is 0 Å². The maximum Gasteiger partial charge on any atom is 0.265 e. The number of para-hydroxylation sites is 1. The zero-order chi connectivity index (χ0) is 11.7. The third kappa shape index (κ3) is 1.61. The van der Waals surface area contributed by atoms with Crippen molar-refractivity contribution in [3.63, 3.8) is 0 Å². The largest absolute Gasteiger partial charge is 0.268 e. The van der Waals surface area contributed by atoms with E-state index in [4.69, 9.17) is 0 Å². The van der Waals surface area contributed by atoms with Crippen molar-refractivity contribution >= 4 is 10.9 Å². The van der Waals surface area contributed by atoms with Gasteiger partial charge in [0, 0.05) is 0 Å². The van der Waals surface area contributed by atoms with E-state index in [9.17, 15) is 4.79 Å². The van der Waals surface area contributed by atoms with Crippen molar-refractivity contribution in [2.45, 2.75) is 0 Å². The van der Waals surface area contributed by atoms with Gasteiger partial charge in [-0.2, -0.15) is 0 Å². The lowest BCUT2D eigenvalue weighted by atomic mass is 10.2. The smallest absolute Gasteiger partial charge is 0.265 e. The highest BCUT2D eigenvalue weighted by Crippen LogP contribution is 2.08. The summed E-state index contributed by atoms with van der Waals surface area (Å²) in [5.41, 5.74) is 1.46. The lowest BCUT2D eigenvalue weighted by Crippen LogP contribution is -2.18. The molecule has 0 amide bonds. The minimum Gasteiger partial charge on any atom is -0.268 e. The average molecular weight is 221 g/mol. The van der Waals surface area contributed by atoms with Crippen LogP contribution >= 0.6 is 0 Å². The van der Waals surface area contributed by atoms with Crippen LogP contribution in [0.5, 0.6) is 0 Å². The molecule has 0 bridgehead atoms. The fourth-order valence-electron chi connectivity index (χ4n) is 1.79. The first-order valence-corrected chi connectivity index (χ1v) is 5.29. The van der Waals surface area contributed by atoms with Gasteiger partial charge in [0.05, 0.1) is 16.6 Å². The summed E-state index contributed by atoms with van der Waals surface area (Å²) in [5, 5.41) is 0.628. The molecule has 0 aliphatic rings. The number of hydrogen-bond acceptors (Lipinski definition) is 2. The van der Waals surface area contributed by atoms with E-state index in [2.05, 4.69) is 11.1 Å². The SMILES string of the molecule is O=c1c2ccccc2ncn1-c1cc[c]cc1. The molecular formula is C14H9N2O. The predicted molar refractivity (Wildman–Crippen MR) is 66.2 cm³/mol. The van der Waals surface area contributed by atoms with Crippen molar-refractivity contribution in [2.75, 3.05) is 0 Å². The normalized spacial score (nSPS) is 10.6. The Morgan fingerprint density at radius 3 is 2.65 bits per heavy atom. The van der Waals surface area contributed by atoms with Crippen LogP contribution in [0.1, 0.15) is 0 Å². The molecule has 0 N–H and O–H groups in total. The number of nitrogens with zero attached hydrogens (tertiary/aromatic N) is 2. The topological polar surface area (TPSA) is 34.9 Å². The highest BCUT2D eigenvalue weighted by atomic mass is 16.1. The lowest BCUT2D eigenvalue weighted by Gasteiger charge is -2.05. The molecule has 1 heterocycles. The van der Waals surface area contributed by atoms with Gasteiger partial charge in [-0.3, -0.25) is 9.36 Å². The van der Waals surface area contributed by atoms with E-state index in [1.54, 1.807) is 24.5 Å². The minimum atomic E-state index is -0.0539. The summed E-state index contributed by atoms with van der Waals surface area (Å²) in [6, 6.07) is 17.5. The summed E-state index contributed by atoms with van der Waals surface area (Å²) < 4.78 is 1.54. The fourth-order valence-corrected chi connectivity index (χ4v) is 1.79. The Balaban J connectivity index is 2.33. The van der Waals surface area contributed by atoms with Gasteiger partial charge in [0.2, 0.25) is 0 Å². The second-order valence-corrected chi connectivity index (χ2v) is 3.70. The van der Waals surface area contributed by atoms with Crippen LogP contribution in [-0.2, 0) is 0 Å². The Labute approximate surface area is 98.0 Å². The molecular weight excluding hydrogens is 212 g/mol. The average Bonchev–Trinajstić information content (AvgIpc) is 2.40. The van der Waals surface area contributed by atoms with Gasteiger partial charge in [0.25, 0.3) is 5.56 Å². The highest BCUT2D eigenvalue weighted by Gasteiger charge is 2.03. The molecule has 3 rings (SSSR count). The predicted octanol–water partition coefficient (Wildman–Crippen LogP) is 2.19. The van der Waals surface area contributed by atoms with Crippen LogP contribution in [0, 0.1) is 6.07 Å². The molecule has 1 radical (unpaired) electrons. The zero-order valence-corrected chi connectivity index (χ0v) is 9.00. The first kappa shape index (κ1) is 9.78. The quantitative estimate of drug-likeness (QED) is 0.631. The fraction of sp³-hybridized carbons (Fsp3) is 0. The number of hydrogen-bond donors (Lipinski definition) is 0. The molecule has 81 valence electrons. The molecule has 3 heteroatoms. The summed E-state index contributed by atoms with van der Waals surface area (Å²) in [5.74, 6) is 0. The van der Waals surface area contributed by atoms with E-state index in [-0.39, 0.29) is 5.56 Å². The van der Waals surface area contributed by atoms with Crippen molar-refractivity contribution < 1.29 is 0 Å². The summed E-state index contributed by atoms with van der Waals surface area (Å²) in [6.45, 7) is 0. The first-order valence-electron chi connectivity index (χ1n) is 5.29. The molecule has 17 heavy (non-hydrogen) atoms. The van der Waals surface area contributed by atoms with Gasteiger partial charge in [-0.1, -0.05) is 24.3 Å². The molecule has 0 aliphatic carbocycles. The van der Waals surface area contributed by atoms with Crippen molar-refractivity contribution in [3.8, 4) is 5.69 Å². The van der Waals surface area contributed by atoms with Gasteiger partial charge in [0.15, 0.2) is 0 Å². The maximum atomic E-state index is 12.2. The van der Waals surface area contributed by atoms with Gasteiger partial charge < -0.3 is 0 Å². The van der Waals surface area contributed by atoms with Crippen molar-refractivity contribution in [3.05, 3.63) is 71.3 Å². The summed E-state index contributed by atoms with van der Waals surface area (Å²) in [6.07, 6.45) is 1.56. The first-order chi connectivity index (χ1) is 8.36. The van der Waals surface area contributed by atoms with Crippen LogP contribution in [0.3, 0.4) is 0 Å². The molecule has 0 fully saturated rings. The molecule has 2 aromatic carbocycles. The Hall–Kier alpha value is -2.42. The molecule has 0 spiro atoms. The monoisotopic (exact) mass is 221 g/mol. The van der Waals surface area contributed by atoms with Crippen LogP contribution in [-0.4, -0.2) is 9.55 Å². The van der Waals surface area contributed by atoms with E-state index in [0.717, 1.165) is 11.2 Å². The Bertz CT molecular complexity index is 717. The number of fused-ring (bicyclic) bond motifs is 1. The van der Waals surface area contributed by atoms with Crippen LogP contribution in [0.15, 0.2) is 59.7 Å². The highest BCUT2D eigenvalue weighted by molar-refractivity contribution is 5.77. The standard InChI is InChI=1S/C14H9N2O/c17-14-12-8-4-5-9-13(12)15-10-16(14)11-6-2-1-3-7-11/h2-10H. The molecule has 0 aliphatic heterocycles.